The molecule has 0 aliphatic carbocycles. The van der Waals surface area contributed by atoms with Crippen molar-refractivity contribution in [2.45, 2.75) is 37.6 Å². The highest BCUT2D eigenvalue weighted by Crippen LogP contribution is 2.26. The molecule has 1 heterocycles. The van der Waals surface area contributed by atoms with E-state index in [4.69, 9.17) is 9.47 Å². The van der Waals surface area contributed by atoms with Crippen LogP contribution < -0.4 is 15.4 Å². The lowest BCUT2D eigenvalue weighted by Crippen LogP contribution is -2.40. The zero-order chi connectivity index (χ0) is 17.6. The number of alkyl halides is 1. The van der Waals surface area contributed by atoms with Crippen LogP contribution in [0.4, 0.5) is 9.18 Å². The van der Waals surface area contributed by atoms with Crippen molar-refractivity contribution >= 4 is 14.2 Å². The molecule has 1 aliphatic heterocycles. The third-order valence-electron chi connectivity index (χ3n) is 4.11. The van der Waals surface area contributed by atoms with Crippen LogP contribution in [0.2, 0.25) is 25.7 Å². The molecule has 1 saturated heterocycles. The molecular formula is C17H27FN2O3Si. The van der Waals surface area contributed by atoms with Gasteiger partial charge in [-0.05, 0) is 23.7 Å². The number of hydrogen-bond acceptors (Lipinski definition) is 4. The number of alkyl carbamates (subject to hydrolysis) is 1. The molecule has 24 heavy (non-hydrogen) atoms. The van der Waals surface area contributed by atoms with E-state index in [0.717, 1.165) is 18.2 Å². The second-order valence-corrected chi connectivity index (χ2v) is 12.9. The molecule has 0 unspecified atom stereocenters. The molecule has 2 rings (SSSR count). The lowest BCUT2D eigenvalue weighted by molar-refractivity contribution is 0.147. The summed E-state index contributed by atoms with van der Waals surface area (Å²) in [6, 6.07) is 8.25. The van der Waals surface area contributed by atoms with Crippen LogP contribution in [0.25, 0.3) is 0 Å². The molecule has 0 radical (unpaired) electrons. The van der Waals surface area contributed by atoms with Crippen LogP contribution in [0.5, 0.6) is 5.75 Å². The molecule has 1 aromatic carbocycles. The lowest BCUT2D eigenvalue weighted by Gasteiger charge is -2.21. The quantitative estimate of drug-likeness (QED) is 0.739. The van der Waals surface area contributed by atoms with Crippen LogP contribution >= 0.6 is 0 Å². The highest BCUT2D eigenvalue weighted by atomic mass is 28.3. The minimum Gasteiger partial charge on any atom is -0.463 e. The molecule has 1 aromatic rings. The van der Waals surface area contributed by atoms with Gasteiger partial charge in [-0.25, -0.2) is 9.18 Å². The fraction of sp³-hybridized carbons (Fsp3) is 0.588. The molecule has 1 aliphatic rings. The number of nitrogens with one attached hydrogen (secondary N) is 2. The van der Waals surface area contributed by atoms with Gasteiger partial charge in [0.05, 0.1) is 12.6 Å². The van der Waals surface area contributed by atoms with Crippen molar-refractivity contribution < 1.29 is 18.7 Å². The van der Waals surface area contributed by atoms with E-state index in [2.05, 4.69) is 30.3 Å². The maximum absolute atomic E-state index is 12.3. The van der Waals surface area contributed by atoms with Crippen LogP contribution in [0, 0.1) is 0 Å². The molecule has 1 fully saturated rings. The van der Waals surface area contributed by atoms with Gasteiger partial charge in [-0.1, -0.05) is 31.8 Å². The second-order valence-electron chi connectivity index (χ2n) is 7.29. The standard InChI is InChI=1S/C17H27FN2O3Si/c1-24(2,3)8-7-22-17(21)20-16-11-19-10-15(16)13-5-4-6-14(9-13)23-12-18/h4-6,9,15-16,19H,7-8,10-12H2,1-3H3,(H,20,21)/t15-,16+/m0/s1. The monoisotopic (exact) mass is 354 g/mol. The third kappa shape index (κ3) is 5.79. The van der Waals surface area contributed by atoms with Gasteiger partial charge in [0, 0.05) is 27.1 Å². The summed E-state index contributed by atoms with van der Waals surface area (Å²) < 4.78 is 22.6. The first-order valence-corrected chi connectivity index (χ1v) is 12.0. The van der Waals surface area contributed by atoms with Gasteiger partial charge in [-0.2, -0.15) is 0 Å². The summed E-state index contributed by atoms with van der Waals surface area (Å²) in [7, 11) is -1.21. The highest BCUT2D eigenvalue weighted by molar-refractivity contribution is 6.76. The molecular weight excluding hydrogens is 327 g/mol. The Hall–Kier alpha value is -1.60. The Bertz CT molecular complexity index is 551. The van der Waals surface area contributed by atoms with Crippen molar-refractivity contribution in [2.24, 2.45) is 0 Å². The Morgan fingerprint density at radius 2 is 2.17 bits per heavy atom. The number of benzene rings is 1. The molecule has 2 N–H and O–H groups in total. The second kappa shape index (κ2) is 8.48. The Morgan fingerprint density at radius 1 is 1.38 bits per heavy atom. The van der Waals surface area contributed by atoms with Gasteiger partial charge < -0.3 is 20.1 Å². The van der Waals surface area contributed by atoms with Crippen molar-refractivity contribution in [1.82, 2.24) is 10.6 Å². The Morgan fingerprint density at radius 3 is 2.88 bits per heavy atom. The molecule has 1 amide bonds. The number of hydrogen-bond donors (Lipinski definition) is 2. The van der Waals surface area contributed by atoms with Gasteiger partial charge in [0.2, 0.25) is 6.86 Å². The molecule has 0 bridgehead atoms. The fourth-order valence-corrected chi connectivity index (χ4v) is 3.44. The first-order valence-electron chi connectivity index (χ1n) is 8.32. The van der Waals surface area contributed by atoms with Crippen molar-refractivity contribution in [3.05, 3.63) is 29.8 Å². The number of carbonyl (C=O) groups excluding carboxylic acids is 1. The van der Waals surface area contributed by atoms with Gasteiger partial charge in [0.25, 0.3) is 0 Å². The Balaban J connectivity index is 1.90. The molecule has 5 nitrogen and oxygen atoms in total. The van der Waals surface area contributed by atoms with Crippen molar-refractivity contribution in [3.8, 4) is 5.75 Å². The predicted octanol–water partition coefficient (Wildman–Crippen LogP) is 3.11. The smallest absolute Gasteiger partial charge is 0.407 e. The van der Waals surface area contributed by atoms with Crippen LogP contribution in [-0.2, 0) is 4.74 Å². The van der Waals surface area contributed by atoms with Crippen molar-refractivity contribution in [3.63, 3.8) is 0 Å². The maximum Gasteiger partial charge on any atom is 0.407 e. The number of halogens is 1. The van der Waals surface area contributed by atoms with E-state index in [0.29, 0.717) is 18.9 Å². The number of amides is 1. The normalized spacial score (nSPS) is 20.7. The summed E-state index contributed by atoms with van der Waals surface area (Å²) in [6.45, 7) is 7.79. The summed E-state index contributed by atoms with van der Waals surface area (Å²) in [6.07, 6.45) is -0.372. The van der Waals surface area contributed by atoms with Gasteiger partial charge in [0.15, 0.2) is 0 Å². The van der Waals surface area contributed by atoms with Crippen LogP contribution in [0.3, 0.4) is 0 Å². The van der Waals surface area contributed by atoms with Crippen molar-refractivity contribution in [1.29, 1.82) is 0 Å². The van der Waals surface area contributed by atoms with E-state index in [1.54, 1.807) is 6.07 Å². The van der Waals surface area contributed by atoms with Crippen LogP contribution in [0.15, 0.2) is 24.3 Å². The SMILES string of the molecule is C[Si](C)(C)CCOC(=O)N[C@@H]1CNC[C@H]1c1cccc(OCF)c1. The minimum absolute atomic E-state index is 0.0509. The molecule has 0 spiro atoms. The van der Waals surface area contributed by atoms with Gasteiger partial charge >= 0.3 is 6.09 Å². The van der Waals surface area contributed by atoms with E-state index in [-0.39, 0.29) is 18.1 Å². The largest absolute Gasteiger partial charge is 0.463 e. The summed E-state index contributed by atoms with van der Waals surface area (Å²) in [4.78, 5) is 12.0. The summed E-state index contributed by atoms with van der Waals surface area (Å²) in [5.41, 5.74) is 1.01. The zero-order valence-electron chi connectivity index (χ0n) is 14.6. The number of carbonyl (C=O) groups is 1. The van der Waals surface area contributed by atoms with Crippen molar-refractivity contribution in [2.75, 3.05) is 26.6 Å². The molecule has 2 atom stereocenters. The third-order valence-corrected chi connectivity index (χ3v) is 5.81. The summed E-state index contributed by atoms with van der Waals surface area (Å²) >= 11 is 0. The average Bonchev–Trinajstić information content (AvgIpc) is 2.94. The topological polar surface area (TPSA) is 59.6 Å². The van der Waals surface area contributed by atoms with Crippen LogP contribution in [-0.4, -0.2) is 46.8 Å². The molecule has 134 valence electrons. The fourth-order valence-electron chi connectivity index (χ4n) is 2.72. The Labute approximate surface area is 143 Å². The zero-order valence-corrected chi connectivity index (χ0v) is 15.6. The first kappa shape index (κ1) is 18.7. The average molecular weight is 354 g/mol. The van der Waals surface area contributed by atoms with E-state index >= 15 is 0 Å². The predicted molar refractivity (Wildman–Crippen MR) is 95.1 cm³/mol. The highest BCUT2D eigenvalue weighted by Gasteiger charge is 2.30. The van der Waals surface area contributed by atoms with E-state index < -0.39 is 14.9 Å². The number of rotatable bonds is 7. The number of ether oxygens (including phenoxy) is 2. The maximum atomic E-state index is 12.3. The summed E-state index contributed by atoms with van der Waals surface area (Å²) in [5, 5.41) is 6.22. The van der Waals surface area contributed by atoms with E-state index in [9.17, 15) is 9.18 Å². The molecule has 0 saturated carbocycles. The van der Waals surface area contributed by atoms with Gasteiger partial charge in [-0.3, -0.25) is 0 Å². The van der Waals surface area contributed by atoms with E-state index in [1.807, 2.05) is 18.2 Å². The van der Waals surface area contributed by atoms with Crippen LogP contribution in [0.1, 0.15) is 11.5 Å². The van der Waals surface area contributed by atoms with Gasteiger partial charge in [0.1, 0.15) is 5.75 Å². The first-order chi connectivity index (χ1) is 11.4. The van der Waals surface area contributed by atoms with E-state index in [1.165, 1.54) is 0 Å². The molecule has 7 heteroatoms. The van der Waals surface area contributed by atoms with Gasteiger partial charge in [-0.15, -0.1) is 0 Å². The molecule has 0 aromatic heterocycles. The Kier molecular flexibility index (Phi) is 6.62. The summed E-state index contributed by atoms with van der Waals surface area (Å²) in [5.74, 6) is 0.607. The lowest BCUT2D eigenvalue weighted by atomic mass is 9.94. The minimum atomic E-state index is -1.21.